The number of nitrogens with one attached hydrogen (secondary N) is 2. The van der Waals surface area contributed by atoms with Crippen LogP contribution in [0.4, 0.5) is 5.95 Å². The lowest BCUT2D eigenvalue weighted by molar-refractivity contribution is 0.122. The molecule has 1 aromatic heterocycles. The summed E-state index contributed by atoms with van der Waals surface area (Å²) in [5, 5.41) is 7.24. The molecule has 2 heterocycles. The van der Waals surface area contributed by atoms with Crippen LogP contribution in [-0.2, 0) is 0 Å². The fourth-order valence-electron chi connectivity index (χ4n) is 6.38. The van der Waals surface area contributed by atoms with Crippen LogP contribution in [0.5, 0.6) is 0 Å². The SMILES string of the molecule is CC1(C)CC(CCCCCCCCCCCCCCCCCCNc2nc(Cl)nc(Cl)n2)CC(C)(C)N1. The number of unbranched alkanes of at least 4 members (excludes halogenated alkanes) is 15. The summed E-state index contributed by atoms with van der Waals surface area (Å²) in [6.07, 6.45) is 26.2. The summed E-state index contributed by atoms with van der Waals surface area (Å²) >= 11 is 11.6. The predicted octanol–water partition coefficient (Wildman–Crippen LogP) is 9.78. The van der Waals surface area contributed by atoms with Gasteiger partial charge in [-0.15, -0.1) is 0 Å². The van der Waals surface area contributed by atoms with Crippen molar-refractivity contribution in [3.63, 3.8) is 0 Å². The molecule has 37 heavy (non-hydrogen) atoms. The summed E-state index contributed by atoms with van der Waals surface area (Å²) in [6.45, 7) is 10.3. The number of piperidine rings is 1. The van der Waals surface area contributed by atoms with Crippen molar-refractivity contribution >= 4 is 29.2 Å². The Morgan fingerprint density at radius 1 is 0.622 bits per heavy atom. The topological polar surface area (TPSA) is 62.7 Å². The number of hydrogen-bond donors (Lipinski definition) is 2. The smallest absolute Gasteiger partial charge is 0.228 e. The maximum Gasteiger partial charge on any atom is 0.228 e. The van der Waals surface area contributed by atoms with Gasteiger partial charge in [0.2, 0.25) is 16.5 Å². The van der Waals surface area contributed by atoms with Crippen LogP contribution >= 0.6 is 23.2 Å². The van der Waals surface area contributed by atoms with E-state index in [-0.39, 0.29) is 10.6 Å². The van der Waals surface area contributed by atoms with E-state index >= 15 is 0 Å². The zero-order chi connectivity index (χ0) is 27.0. The summed E-state index contributed by atoms with van der Waals surface area (Å²) < 4.78 is 0. The normalized spacial score (nSPS) is 17.2. The van der Waals surface area contributed by atoms with E-state index in [2.05, 4.69) is 53.3 Å². The highest BCUT2D eigenvalue weighted by Gasteiger charge is 2.37. The van der Waals surface area contributed by atoms with Crippen LogP contribution < -0.4 is 10.6 Å². The molecule has 7 heteroatoms. The van der Waals surface area contributed by atoms with Crippen LogP contribution in [0.2, 0.25) is 10.6 Å². The summed E-state index contributed by atoms with van der Waals surface area (Å²) in [5.41, 5.74) is 0.600. The standard InChI is InChI=1S/C30H55Cl2N5/c1-29(2)23-25(24-30(3,4)37-29)21-19-17-15-13-11-9-7-5-6-8-10-12-14-16-18-20-22-33-28-35-26(31)34-27(32)36-28/h25,37H,5-24H2,1-4H3,(H,33,34,35,36). The number of nitrogens with zero attached hydrogens (tertiary/aromatic N) is 3. The molecule has 0 unspecified atom stereocenters. The van der Waals surface area contributed by atoms with Crippen LogP contribution in [0, 0.1) is 5.92 Å². The minimum absolute atomic E-state index is 0.130. The number of aromatic nitrogens is 3. The van der Waals surface area contributed by atoms with E-state index in [0.717, 1.165) is 18.9 Å². The van der Waals surface area contributed by atoms with Gasteiger partial charge in [-0.2, -0.15) is 15.0 Å². The molecule has 214 valence electrons. The molecule has 0 radical (unpaired) electrons. The molecule has 0 aliphatic carbocycles. The first-order valence-corrected chi connectivity index (χ1v) is 16.0. The number of rotatable bonds is 20. The molecule has 1 aliphatic rings. The molecule has 0 aromatic carbocycles. The third-order valence-corrected chi connectivity index (χ3v) is 8.02. The van der Waals surface area contributed by atoms with Gasteiger partial charge in [0.05, 0.1) is 0 Å². The summed E-state index contributed by atoms with van der Waals surface area (Å²) in [4.78, 5) is 11.8. The Kier molecular flexibility index (Phi) is 15.7. The molecular weight excluding hydrogens is 501 g/mol. The van der Waals surface area contributed by atoms with Crippen molar-refractivity contribution in [1.82, 2.24) is 20.3 Å². The van der Waals surface area contributed by atoms with Crippen molar-refractivity contribution in [2.24, 2.45) is 5.92 Å². The van der Waals surface area contributed by atoms with E-state index in [4.69, 9.17) is 23.2 Å². The van der Waals surface area contributed by atoms with Crippen LogP contribution in [-0.4, -0.2) is 32.6 Å². The Morgan fingerprint density at radius 3 is 1.43 bits per heavy atom. The van der Waals surface area contributed by atoms with Gasteiger partial charge < -0.3 is 10.6 Å². The molecule has 0 atom stereocenters. The van der Waals surface area contributed by atoms with Crippen LogP contribution in [0.3, 0.4) is 0 Å². The molecule has 0 bridgehead atoms. The van der Waals surface area contributed by atoms with Crippen molar-refractivity contribution in [2.75, 3.05) is 11.9 Å². The summed E-state index contributed by atoms with van der Waals surface area (Å²) in [5.74, 6) is 1.37. The molecule has 0 amide bonds. The van der Waals surface area contributed by atoms with Gasteiger partial charge in [0.25, 0.3) is 0 Å². The van der Waals surface area contributed by atoms with Crippen LogP contribution in [0.15, 0.2) is 0 Å². The van der Waals surface area contributed by atoms with E-state index in [9.17, 15) is 0 Å². The van der Waals surface area contributed by atoms with E-state index in [1.807, 2.05) is 0 Å². The van der Waals surface area contributed by atoms with Crippen LogP contribution in [0.25, 0.3) is 0 Å². The Hall–Kier alpha value is -0.650. The van der Waals surface area contributed by atoms with Gasteiger partial charge in [0.1, 0.15) is 0 Å². The predicted molar refractivity (Wildman–Crippen MR) is 161 cm³/mol. The first kappa shape index (κ1) is 32.6. The highest BCUT2D eigenvalue weighted by atomic mass is 35.5. The second-order valence-electron chi connectivity index (χ2n) is 12.7. The summed E-state index contributed by atoms with van der Waals surface area (Å²) in [7, 11) is 0. The van der Waals surface area contributed by atoms with E-state index in [0.29, 0.717) is 17.0 Å². The Bertz CT molecular complexity index is 704. The first-order valence-electron chi connectivity index (χ1n) is 15.3. The molecule has 1 aliphatic heterocycles. The van der Waals surface area contributed by atoms with Gasteiger partial charge in [0, 0.05) is 17.6 Å². The van der Waals surface area contributed by atoms with Crippen molar-refractivity contribution in [3.8, 4) is 0 Å². The monoisotopic (exact) mass is 555 g/mol. The zero-order valence-corrected chi connectivity index (χ0v) is 25.8. The zero-order valence-electron chi connectivity index (χ0n) is 24.3. The number of hydrogen-bond acceptors (Lipinski definition) is 5. The summed E-state index contributed by atoms with van der Waals surface area (Å²) in [6, 6.07) is 0. The average molecular weight is 557 g/mol. The lowest BCUT2D eigenvalue weighted by Crippen LogP contribution is -2.57. The minimum atomic E-state index is 0.130. The van der Waals surface area contributed by atoms with E-state index < -0.39 is 0 Å². The highest BCUT2D eigenvalue weighted by Crippen LogP contribution is 2.35. The number of halogens is 2. The second-order valence-corrected chi connectivity index (χ2v) is 13.4. The largest absolute Gasteiger partial charge is 0.354 e. The molecule has 2 N–H and O–H groups in total. The maximum atomic E-state index is 5.78. The Balaban J connectivity index is 1.28. The van der Waals surface area contributed by atoms with Crippen LogP contribution in [0.1, 0.15) is 150 Å². The lowest BCUT2D eigenvalue weighted by Gasteiger charge is -2.46. The van der Waals surface area contributed by atoms with Crippen molar-refractivity contribution in [3.05, 3.63) is 10.6 Å². The quantitative estimate of drug-likeness (QED) is 0.157. The molecule has 2 rings (SSSR count). The molecular formula is C30H55Cl2N5. The van der Waals surface area contributed by atoms with Gasteiger partial charge in [-0.1, -0.05) is 103 Å². The fraction of sp³-hybridized carbons (Fsp3) is 0.900. The van der Waals surface area contributed by atoms with Gasteiger partial charge in [0.15, 0.2) is 0 Å². The molecule has 1 aromatic rings. The van der Waals surface area contributed by atoms with Gasteiger partial charge in [-0.3, -0.25) is 0 Å². The van der Waals surface area contributed by atoms with Gasteiger partial charge in [-0.05, 0) is 76.1 Å². The molecule has 0 spiro atoms. The molecule has 5 nitrogen and oxygen atoms in total. The third-order valence-electron chi connectivity index (χ3n) is 7.68. The number of anilines is 1. The Morgan fingerprint density at radius 2 is 1.00 bits per heavy atom. The van der Waals surface area contributed by atoms with Crippen molar-refractivity contribution in [2.45, 2.75) is 161 Å². The fourth-order valence-corrected chi connectivity index (χ4v) is 6.74. The highest BCUT2D eigenvalue weighted by molar-refractivity contribution is 6.31. The lowest BCUT2D eigenvalue weighted by atomic mass is 9.74. The maximum absolute atomic E-state index is 5.78. The minimum Gasteiger partial charge on any atom is -0.354 e. The molecule has 1 saturated heterocycles. The molecule has 1 fully saturated rings. The van der Waals surface area contributed by atoms with Gasteiger partial charge in [-0.25, -0.2) is 0 Å². The van der Waals surface area contributed by atoms with E-state index in [1.54, 1.807) is 0 Å². The van der Waals surface area contributed by atoms with E-state index in [1.165, 1.54) is 116 Å². The average Bonchev–Trinajstić information content (AvgIpc) is 2.78. The first-order chi connectivity index (χ1) is 17.7. The second kappa shape index (κ2) is 17.8. The van der Waals surface area contributed by atoms with Gasteiger partial charge >= 0.3 is 0 Å². The van der Waals surface area contributed by atoms with Crippen molar-refractivity contribution in [1.29, 1.82) is 0 Å². The van der Waals surface area contributed by atoms with Crippen molar-refractivity contribution < 1.29 is 0 Å². The third kappa shape index (κ3) is 16.1. The Labute approximate surface area is 238 Å². The molecule has 0 saturated carbocycles.